The van der Waals surface area contributed by atoms with Gasteiger partial charge in [0, 0.05) is 18.8 Å². The van der Waals surface area contributed by atoms with Crippen molar-refractivity contribution in [2.45, 2.75) is 6.42 Å². The summed E-state index contributed by atoms with van der Waals surface area (Å²) in [5.74, 6) is 0. The van der Waals surface area contributed by atoms with E-state index in [2.05, 4.69) is 60.2 Å². The molecule has 0 atom stereocenters. The standard InChI is InChI=1S/C20H24N2/c1-3-17-9-11-18(12-10-17)13-14-21-15-16-22-20-8-6-5-7-19(20)4-2/h3-12,21-22H,1-2,13-16H2. The molecule has 0 aliphatic carbocycles. The van der Waals surface area contributed by atoms with Crippen LogP contribution in [0.4, 0.5) is 5.69 Å². The van der Waals surface area contributed by atoms with Gasteiger partial charge in [0.1, 0.15) is 0 Å². The molecular formula is C20H24N2. The number of rotatable bonds is 9. The molecule has 0 saturated heterocycles. The van der Waals surface area contributed by atoms with Gasteiger partial charge in [-0.15, -0.1) is 0 Å². The normalized spacial score (nSPS) is 10.2. The van der Waals surface area contributed by atoms with Crippen LogP contribution in [0.1, 0.15) is 16.7 Å². The van der Waals surface area contributed by atoms with E-state index in [1.165, 1.54) is 11.1 Å². The Labute approximate surface area is 133 Å². The first-order valence-electron chi connectivity index (χ1n) is 7.71. The van der Waals surface area contributed by atoms with Gasteiger partial charge in [0.25, 0.3) is 0 Å². The summed E-state index contributed by atoms with van der Waals surface area (Å²) >= 11 is 0. The summed E-state index contributed by atoms with van der Waals surface area (Å²) in [5, 5.41) is 6.89. The summed E-state index contributed by atoms with van der Waals surface area (Å²) in [5.41, 5.74) is 4.80. The first-order valence-corrected chi connectivity index (χ1v) is 7.71. The van der Waals surface area contributed by atoms with Crippen molar-refractivity contribution in [2.24, 2.45) is 0 Å². The molecule has 2 nitrogen and oxygen atoms in total. The fraction of sp³-hybridized carbons (Fsp3) is 0.200. The van der Waals surface area contributed by atoms with Gasteiger partial charge < -0.3 is 10.6 Å². The van der Waals surface area contributed by atoms with Gasteiger partial charge in [0.15, 0.2) is 0 Å². The van der Waals surface area contributed by atoms with Crippen molar-refractivity contribution >= 4 is 17.8 Å². The summed E-state index contributed by atoms with van der Waals surface area (Å²) in [4.78, 5) is 0. The number of para-hydroxylation sites is 1. The van der Waals surface area contributed by atoms with Crippen molar-refractivity contribution < 1.29 is 0 Å². The van der Waals surface area contributed by atoms with Crippen LogP contribution in [0.25, 0.3) is 12.2 Å². The second kappa shape index (κ2) is 8.85. The van der Waals surface area contributed by atoms with E-state index in [-0.39, 0.29) is 0 Å². The molecule has 0 aliphatic rings. The van der Waals surface area contributed by atoms with E-state index in [0.717, 1.165) is 37.3 Å². The summed E-state index contributed by atoms with van der Waals surface area (Å²) in [6.45, 7) is 10.4. The van der Waals surface area contributed by atoms with Crippen molar-refractivity contribution in [3.63, 3.8) is 0 Å². The van der Waals surface area contributed by atoms with Gasteiger partial charge in [-0.3, -0.25) is 0 Å². The van der Waals surface area contributed by atoms with E-state index in [9.17, 15) is 0 Å². The Kier molecular flexibility index (Phi) is 6.46. The van der Waals surface area contributed by atoms with E-state index >= 15 is 0 Å². The zero-order valence-electron chi connectivity index (χ0n) is 13.0. The van der Waals surface area contributed by atoms with Crippen molar-refractivity contribution in [1.29, 1.82) is 0 Å². The average Bonchev–Trinajstić information content (AvgIpc) is 2.58. The van der Waals surface area contributed by atoms with E-state index < -0.39 is 0 Å². The molecule has 2 aromatic rings. The number of anilines is 1. The lowest BCUT2D eigenvalue weighted by atomic mass is 10.1. The van der Waals surface area contributed by atoms with Crippen LogP contribution in [0, 0.1) is 0 Å². The molecule has 0 unspecified atom stereocenters. The molecule has 114 valence electrons. The van der Waals surface area contributed by atoms with Crippen LogP contribution in [0.5, 0.6) is 0 Å². The van der Waals surface area contributed by atoms with Crippen molar-refractivity contribution in [1.82, 2.24) is 5.32 Å². The zero-order chi connectivity index (χ0) is 15.6. The molecule has 22 heavy (non-hydrogen) atoms. The van der Waals surface area contributed by atoms with Crippen LogP contribution in [0.3, 0.4) is 0 Å². The molecule has 2 aromatic carbocycles. The van der Waals surface area contributed by atoms with Crippen molar-refractivity contribution in [3.05, 3.63) is 78.4 Å². The van der Waals surface area contributed by atoms with Gasteiger partial charge in [-0.2, -0.15) is 0 Å². The molecule has 2 N–H and O–H groups in total. The smallest absolute Gasteiger partial charge is 0.0414 e. The third-order valence-electron chi connectivity index (χ3n) is 3.60. The minimum Gasteiger partial charge on any atom is -0.383 e. The van der Waals surface area contributed by atoms with E-state index in [0.29, 0.717) is 0 Å². The van der Waals surface area contributed by atoms with Crippen LogP contribution in [-0.2, 0) is 6.42 Å². The highest BCUT2D eigenvalue weighted by Crippen LogP contribution is 2.15. The predicted molar refractivity (Wildman–Crippen MR) is 98.1 cm³/mol. The topological polar surface area (TPSA) is 24.1 Å². The molecule has 0 spiro atoms. The molecule has 0 aliphatic heterocycles. The van der Waals surface area contributed by atoms with Crippen LogP contribution in [0.15, 0.2) is 61.7 Å². The minimum atomic E-state index is 0.903. The lowest BCUT2D eigenvalue weighted by molar-refractivity contribution is 0.699. The monoisotopic (exact) mass is 292 g/mol. The summed E-state index contributed by atoms with van der Waals surface area (Å²) < 4.78 is 0. The second-order valence-corrected chi connectivity index (χ2v) is 5.16. The highest BCUT2D eigenvalue weighted by Gasteiger charge is 1.97. The Hall–Kier alpha value is -2.32. The fourth-order valence-corrected chi connectivity index (χ4v) is 2.30. The summed E-state index contributed by atoms with van der Waals surface area (Å²) in [6.07, 6.45) is 4.79. The minimum absolute atomic E-state index is 0.903. The Morgan fingerprint density at radius 2 is 1.59 bits per heavy atom. The van der Waals surface area contributed by atoms with E-state index in [1.54, 1.807) is 0 Å². The molecule has 2 heteroatoms. The molecule has 0 radical (unpaired) electrons. The van der Waals surface area contributed by atoms with E-state index in [1.807, 2.05) is 24.3 Å². The molecule has 0 fully saturated rings. The number of hydrogen-bond acceptors (Lipinski definition) is 2. The largest absolute Gasteiger partial charge is 0.383 e. The zero-order valence-corrected chi connectivity index (χ0v) is 13.0. The molecule has 0 aromatic heterocycles. The third-order valence-corrected chi connectivity index (χ3v) is 3.60. The third kappa shape index (κ3) is 4.90. The van der Waals surface area contributed by atoms with Gasteiger partial charge in [0.2, 0.25) is 0 Å². The lowest BCUT2D eigenvalue weighted by Crippen LogP contribution is -2.24. The Morgan fingerprint density at radius 3 is 2.32 bits per heavy atom. The maximum atomic E-state index is 3.83. The molecule has 2 rings (SSSR count). The fourth-order valence-electron chi connectivity index (χ4n) is 2.30. The quantitative estimate of drug-likeness (QED) is 0.676. The molecule has 0 bridgehead atoms. The van der Waals surface area contributed by atoms with Crippen LogP contribution in [0.2, 0.25) is 0 Å². The predicted octanol–water partition coefficient (Wildman–Crippen LogP) is 4.22. The lowest BCUT2D eigenvalue weighted by Gasteiger charge is -2.10. The first-order chi connectivity index (χ1) is 10.8. The Balaban J connectivity index is 1.64. The molecule has 0 heterocycles. The number of nitrogens with one attached hydrogen (secondary N) is 2. The number of benzene rings is 2. The molecular weight excluding hydrogens is 268 g/mol. The SMILES string of the molecule is C=Cc1ccc(CCNCCNc2ccccc2C=C)cc1. The van der Waals surface area contributed by atoms with Crippen molar-refractivity contribution in [3.8, 4) is 0 Å². The van der Waals surface area contributed by atoms with Gasteiger partial charge in [-0.1, -0.05) is 67.8 Å². The highest BCUT2D eigenvalue weighted by molar-refractivity contribution is 5.65. The van der Waals surface area contributed by atoms with E-state index in [4.69, 9.17) is 0 Å². The van der Waals surface area contributed by atoms with Gasteiger partial charge in [-0.05, 0) is 35.7 Å². The molecule has 0 amide bonds. The Bertz CT molecular complexity index is 599. The maximum absolute atomic E-state index is 3.83. The second-order valence-electron chi connectivity index (χ2n) is 5.16. The van der Waals surface area contributed by atoms with Crippen LogP contribution >= 0.6 is 0 Å². The van der Waals surface area contributed by atoms with Gasteiger partial charge in [-0.25, -0.2) is 0 Å². The summed E-state index contributed by atoms with van der Waals surface area (Å²) in [6, 6.07) is 16.8. The van der Waals surface area contributed by atoms with Crippen molar-refractivity contribution in [2.75, 3.05) is 25.0 Å². The first kappa shape index (κ1) is 16.1. The van der Waals surface area contributed by atoms with Crippen LogP contribution < -0.4 is 10.6 Å². The number of hydrogen-bond donors (Lipinski definition) is 2. The maximum Gasteiger partial charge on any atom is 0.0414 e. The average molecular weight is 292 g/mol. The van der Waals surface area contributed by atoms with Crippen LogP contribution in [-0.4, -0.2) is 19.6 Å². The Morgan fingerprint density at radius 1 is 0.818 bits per heavy atom. The molecule has 0 saturated carbocycles. The highest BCUT2D eigenvalue weighted by atomic mass is 14.9. The summed E-state index contributed by atoms with van der Waals surface area (Å²) in [7, 11) is 0. The van der Waals surface area contributed by atoms with Gasteiger partial charge >= 0.3 is 0 Å². The van der Waals surface area contributed by atoms with Gasteiger partial charge in [0.05, 0.1) is 0 Å².